The van der Waals surface area contributed by atoms with Gasteiger partial charge in [-0.05, 0) is 77.0 Å². The topological polar surface area (TPSA) is 78.9 Å². The van der Waals surface area contributed by atoms with Crippen LogP contribution in [0.25, 0.3) is 0 Å². The van der Waals surface area contributed by atoms with Crippen molar-refractivity contribution in [3.63, 3.8) is 0 Å². The van der Waals surface area contributed by atoms with E-state index in [2.05, 4.69) is 57.2 Å². The molecule has 0 N–H and O–H groups in total. The number of ether oxygens (including phenoxy) is 3. The molecule has 0 bridgehead atoms. The summed E-state index contributed by atoms with van der Waals surface area (Å²) in [5.41, 5.74) is 0. The van der Waals surface area contributed by atoms with Crippen LogP contribution >= 0.6 is 0 Å². The summed E-state index contributed by atoms with van der Waals surface area (Å²) >= 11 is 0. The quantitative estimate of drug-likeness (QED) is 0.0266. The highest BCUT2D eigenvalue weighted by Crippen LogP contribution is 2.13. The molecule has 0 fully saturated rings. The molecule has 0 aliphatic heterocycles. The lowest BCUT2D eigenvalue weighted by Gasteiger charge is -2.18. The van der Waals surface area contributed by atoms with Crippen molar-refractivity contribution in [3.8, 4) is 0 Å². The van der Waals surface area contributed by atoms with Gasteiger partial charge in [-0.3, -0.25) is 14.4 Å². The molecule has 55 heavy (non-hydrogen) atoms. The van der Waals surface area contributed by atoms with Gasteiger partial charge in [-0.15, -0.1) is 0 Å². The average Bonchev–Trinajstić information content (AvgIpc) is 3.18. The van der Waals surface area contributed by atoms with Crippen LogP contribution in [0.1, 0.15) is 239 Å². The summed E-state index contributed by atoms with van der Waals surface area (Å²) in [5, 5.41) is 0. The van der Waals surface area contributed by atoms with Crippen LogP contribution in [0.4, 0.5) is 0 Å². The minimum absolute atomic E-state index is 0.0789. The fourth-order valence-corrected chi connectivity index (χ4v) is 6.52. The van der Waals surface area contributed by atoms with Gasteiger partial charge in [0.15, 0.2) is 6.10 Å². The molecule has 0 aliphatic carbocycles. The Labute approximate surface area is 340 Å². The number of carbonyl (C=O) groups is 3. The molecule has 0 spiro atoms. The summed E-state index contributed by atoms with van der Waals surface area (Å²) in [6, 6.07) is 0. The monoisotopic (exact) mass is 773 g/mol. The Morgan fingerprint density at radius 2 is 0.655 bits per heavy atom. The van der Waals surface area contributed by atoms with Gasteiger partial charge in [0.1, 0.15) is 13.2 Å². The number of carbonyl (C=O) groups excluding carboxylic acids is 3. The number of esters is 3. The van der Waals surface area contributed by atoms with Crippen molar-refractivity contribution >= 4 is 17.9 Å². The first-order valence-electron chi connectivity index (χ1n) is 23.5. The molecule has 1 atom stereocenters. The van der Waals surface area contributed by atoms with Crippen LogP contribution < -0.4 is 0 Å². The highest BCUT2D eigenvalue weighted by atomic mass is 16.6. The van der Waals surface area contributed by atoms with E-state index in [0.717, 1.165) is 83.5 Å². The Morgan fingerprint density at radius 1 is 0.364 bits per heavy atom. The van der Waals surface area contributed by atoms with Gasteiger partial charge in [0.2, 0.25) is 0 Å². The summed E-state index contributed by atoms with van der Waals surface area (Å²) < 4.78 is 16.7. The van der Waals surface area contributed by atoms with E-state index in [0.29, 0.717) is 19.3 Å². The first-order chi connectivity index (χ1) is 27.0. The van der Waals surface area contributed by atoms with Gasteiger partial charge in [-0.2, -0.15) is 0 Å². The Kier molecular flexibility index (Phi) is 42.4. The highest BCUT2D eigenvalue weighted by Gasteiger charge is 2.19. The molecule has 0 rings (SSSR count). The van der Waals surface area contributed by atoms with Crippen LogP contribution in [0.3, 0.4) is 0 Å². The Bertz CT molecular complexity index is 938. The maximum Gasteiger partial charge on any atom is 0.306 e. The first-order valence-corrected chi connectivity index (χ1v) is 23.5. The predicted octanol–water partition coefficient (Wildman–Crippen LogP) is 15.0. The van der Waals surface area contributed by atoms with Crippen molar-refractivity contribution < 1.29 is 28.6 Å². The molecule has 0 aliphatic rings. The summed E-state index contributed by atoms with van der Waals surface area (Å²) in [4.78, 5) is 37.6. The number of unbranched alkanes of at least 4 members (excludes halogenated alkanes) is 25. The third-order valence-corrected chi connectivity index (χ3v) is 10.1. The van der Waals surface area contributed by atoms with E-state index in [4.69, 9.17) is 14.2 Å². The fraction of sp³-hybridized carbons (Fsp3) is 0.816. The molecule has 0 heterocycles. The second kappa shape index (κ2) is 44.3. The minimum Gasteiger partial charge on any atom is -0.462 e. The normalized spacial score (nSPS) is 12.3. The van der Waals surface area contributed by atoms with Crippen LogP contribution in [-0.4, -0.2) is 37.2 Å². The highest BCUT2D eigenvalue weighted by molar-refractivity contribution is 5.71. The molecule has 1 unspecified atom stereocenters. The number of rotatable bonds is 42. The Hall–Kier alpha value is -2.37. The van der Waals surface area contributed by atoms with Gasteiger partial charge < -0.3 is 14.2 Å². The van der Waals surface area contributed by atoms with Gasteiger partial charge in [-0.25, -0.2) is 0 Å². The summed E-state index contributed by atoms with van der Waals surface area (Å²) in [7, 11) is 0. The lowest BCUT2D eigenvalue weighted by atomic mass is 10.1. The minimum atomic E-state index is -0.776. The van der Waals surface area contributed by atoms with Crippen molar-refractivity contribution in [2.45, 2.75) is 245 Å². The SMILES string of the molecule is CCCCC/C=C\C/C=C\CCCCCCCC(=O)OCC(COC(=O)CCCCCCCCC)OC(=O)CCCCCCC/C=C\CCCCCCCC. The zero-order chi connectivity index (χ0) is 40.1. The summed E-state index contributed by atoms with van der Waals surface area (Å²) in [6.45, 7) is 6.54. The zero-order valence-electron chi connectivity index (χ0n) is 36.4. The summed E-state index contributed by atoms with van der Waals surface area (Å²) in [5.74, 6) is -0.905. The molecule has 6 nitrogen and oxygen atoms in total. The van der Waals surface area contributed by atoms with Crippen LogP contribution in [0, 0.1) is 0 Å². The van der Waals surface area contributed by atoms with E-state index in [1.165, 1.54) is 116 Å². The van der Waals surface area contributed by atoms with E-state index < -0.39 is 6.10 Å². The third-order valence-electron chi connectivity index (χ3n) is 10.1. The maximum atomic E-state index is 12.7. The van der Waals surface area contributed by atoms with Crippen LogP contribution in [0.15, 0.2) is 36.5 Å². The lowest BCUT2D eigenvalue weighted by Crippen LogP contribution is -2.30. The van der Waals surface area contributed by atoms with Crippen LogP contribution in [-0.2, 0) is 28.6 Å². The predicted molar refractivity (Wildman–Crippen MR) is 233 cm³/mol. The van der Waals surface area contributed by atoms with Gasteiger partial charge in [0, 0.05) is 19.3 Å². The zero-order valence-corrected chi connectivity index (χ0v) is 36.4. The number of hydrogen-bond acceptors (Lipinski definition) is 6. The van der Waals surface area contributed by atoms with Crippen molar-refractivity contribution in [1.82, 2.24) is 0 Å². The van der Waals surface area contributed by atoms with Crippen molar-refractivity contribution in [1.29, 1.82) is 0 Å². The van der Waals surface area contributed by atoms with Gasteiger partial charge in [0.25, 0.3) is 0 Å². The smallest absolute Gasteiger partial charge is 0.306 e. The van der Waals surface area contributed by atoms with Crippen LogP contribution in [0.2, 0.25) is 0 Å². The maximum absolute atomic E-state index is 12.7. The molecule has 6 heteroatoms. The Morgan fingerprint density at radius 3 is 1.05 bits per heavy atom. The molecule has 0 amide bonds. The largest absolute Gasteiger partial charge is 0.462 e. The molecule has 0 aromatic carbocycles. The molecular formula is C49H88O6. The van der Waals surface area contributed by atoms with Crippen LogP contribution in [0.5, 0.6) is 0 Å². The van der Waals surface area contributed by atoms with E-state index in [1.54, 1.807) is 0 Å². The van der Waals surface area contributed by atoms with Gasteiger partial charge in [-0.1, -0.05) is 179 Å². The van der Waals surface area contributed by atoms with E-state index in [-0.39, 0.29) is 31.1 Å². The lowest BCUT2D eigenvalue weighted by molar-refractivity contribution is -0.167. The van der Waals surface area contributed by atoms with E-state index in [9.17, 15) is 14.4 Å². The second-order valence-corrected chi connectivity index (χ2v) is 15.7. The average molecular weight is 773 g/mol. The van der Waals surface area contributed by atoms with E-state index in [1.807, 2.05) is 0 Å². The molecule has 320 valence electrons. The van der Waals surface area contributed by atoms with Crippen molar-refractivity contribution in [2.24, 2.45) is 0 Å². The number of allylic oxidation sites excluding steroid dienone is 6. The third kappa shape index (κ3) is 42.6. The van der Waals surface area contributed by atoms with Crippen molar-refractivity contribution in [3.05, 3.63) is 36.5 Å². The van der Waals surface area contributed by atoms with E-state index >= 15 is 0 Å². The molecule has 0 aromatic rings. The second-order valence-electron chi connectivity index (χ2n) is 15.7. The fourth-order valence-electron chi connectivity index (χ4n) is 6.52. The standard InChI is InChI=1S/C49H88O6/c1-4-7-10-13-16-18-20-22-24-26-28-30-33-36-39-42-48(51)54-45-46(44-53-47(50)41-38-35-32-15-12-9-6-3)55-49(52)43-40-37-34-31-29-27-25-23-21-19-17-14-11-8-5-2/h16,18,22-25,46H,4-15,17,19-21,26-45H2,1-3H3/b18-16-,24-22-,25-23-. The van der Waals surface area contributed by atoms with Gasteiger partial charge >= 0.3 is 17.9 Å². The molecular weight excluding hydrogens is 685 g/mol. The van der Waals surface area contributed by atoms with Crippen molar-refractivity contribution in [2.75, 3.05) is 13.2 Å². The molecule has 0 saturated heterocycles. The Balaban J connectivity index is 4.33. The first kappa shape index (κ1) is 52.6. The number of hydrogen-bond donors (Lipinski definition) is 0. The molecule has 0 radical (unpaired) electrons. The summed E-state index contributed by atoms with van der Waals surface area (Å²) in [6.07, 6.45) is 49.9. The molecule has 0 saturated carbocycles. The van der Waals surface area contributed by atoms with Gasteiger partial charge in [0.05, 0.1) is 0 Å². The molecule has 0 aromatic heterocycles.